The molecule has 30 heavy (non-hydrogen) atoms. The van der Waals surface area contributed by atoms with Crippen LogP contribution in [-0.2, 0) is 4.74 Å². The molecular formula is C25H24N2O3. The summed E-state index contributed by atoms with van der Waals surface area (Å²) in [6.45, 7) is 9.62. The number of rotatable bonds is 3. The number of carbonyl (C=O) groups is 1. The molecular weight excluding hydrogens is 376 g/mol. The van der Waals surface area contributed by atoms with Crippen molar-refractivity contribution in [2.75, 3.05) is 6.61 Å². The van der Waals surface area contributed by atoms with Gasteiger partial charge in [-0.3, -0.25) is 14.3 Å². The standard InChI is InChI=1S/C25H24N2O3/c1-6-30-25(29)21-17(5)26-16(4)20-22(21)18-12-7-8-13-19(18)27(24(20)28)23-14(2)10-9-11-15(23)3/h7-13H,6H2,1-5H3. The molecule has 4 aromatic rings. The van der Waals surface area contributed by atoms with Gasteiger partial charge in [0, 0.05) is 10.8 Å². The van der Waals surface area contributed by atoms with E-state index in [1.54, 1.807) is 18.4 Å². The normalized spacial score (nSPS) is 11.2. The van der Waals surface area contributed by atoms with Crippen LogP contribution in [0.5, 0.6) is 0 Å². The van der Waals surface area contributed by atoms with Crippen molar-refractivity contribution >= 4 is 27.6 Å². The number of aromatic nitrogens is 2. The molecule has 0 saturated carbocycles. The molecule has 2 aromatic carbocycles. The summed E-state index contributed by atoms with van der Waals surface area (Å²) in [5, 5.41) is 1.89. The topological polar surface area (TPSA) is 61.2 Å². The lowest BCUT2D eigenvalue weighted by Gasteiger charge is -2.19. The van der Waals surface area contributed by atoms with Gasteiger partial charge in [0.1, 0.15) is 0 Å². The summed E-state index contributed by atoms with van der Waals surface area (Å²) in [5.41, 5.74) is 4.96. The number of hydrogen-bond donors (Lipinski definition) is 0. The summed E-state index contributed by atoms with van der Waals surface area (Å²) < 4.78 is 7.06. The number of fused-ring (bicyclic) bond motifs is 3. The molecule has 2 aromatic heterocycles. The molecule has 5 nitrogen and oxygen atoms in total. The van der Waals surface area contributed by atoms with E-state index in [0.717, 1.165) is 27.7 Å². The van der Waals surface area contributed by atoms with Gasteiger partial charge in [0.05, 0.1) is 40.1 Å². The number of pyridine rings is 2. The highest BCUT2D eigenvalue weighted by Gasteiger charge is 2.24. The summed E-state index contributed by atoms with van der Waals surface area (Å²) in [4.78, 5) is 31.3. The molecule has 0 unspecified atom stereocenters. The Kier molecular flexibility index (Phi) is 4.90. The summed E-state index contributed by atoms with van der Waals surface area (Å²) in [6.07, 6.45) is 0. The molecule has 0 amide bonds. The first kappa shape index (κ1) is 19.8. The van der Waals surface area contributed by atoms with Crippen LogP contribution >= 0.6 is 0 Å². The van der Waals surface area contributed by atoms with Crippen LogP contribution in [0.15, 0.2) is 47.3 Å². The van der Waals surface area contributed by atoms with Crippen molar-refractivity contribution in [3.8, 4) is 5.69 Å². The Morgan fingerprint density at radius 1 is 0.933 bits per heavy atom. The van der Waals surface area contributed by atoms with Crippen LogP contribution in [-0.4, -0.2) is 22.1 Å². The molecule has 152 valence electrons. The van der Waals surface area contributed by atoms with Crippen molar-refractivity contribution in [1.82, 2.24) is 9.55 Å². The summed E-state index contributed by atoms with van der Waals surface area (Å²) in [6, 6.07) is 13.7. The van der Waals surface area contributed by atoms with Crippen molar-refractivity contribution in [2.45, 2.75) is 34.6 Å². The second kappa shape index (κ2) is 7.41. The average molecular weight is 400 g/mol. The Morgan fingerprint density at radius 3 is 2.27 bits per heavy atom. The van der Waals surface area contributed by atoms with Crippen molar-refractivity contribution in [3.63, 3.8) is 0 Å². The summed E-state index contributed by atoms with van der Waals surface area (Å²) >= 11 is 0. The zero-order chi connectivity index (χ0) is 21.6. The number of para-hydroxylation sites is 2. The monoisotopic (exact) mass is 400 g/mol. The maximum atomic E-state index is 13.9. The molecule has 0 radical (unpaired) electrons. The van der Waals surface area contributed by atoms with Gasteiger partial charge in [-0.25, -0.2) is 4.79 Å². The third-order valence-corrected chi connectivity index (χ3v) is 5.53. The van der Waals surface area contributed by atoms with Crippen LogP contribution in [0.25, 0.3) is 27.4 Å². The third-order valence-electron chi connectivity index (χ3n) is 5.53. The SMILES string of the molecule is CCOC(=O)c1c(C)nc(C)c2c(=O)n(-c3c(C)cccc3C)c3ccccc3c12. The van der Waals surface area contributed by atoms with E-state index < -0.39 is 5.97 Å². The van der Waals surface area contributed by atoms with E-state index in [1.807, 2.05) is 63.2 Å². The summed E-state index contributed by atoms with van der Waals surface area (Å²) in [5.74, 6) is -0.457. The van der Waals surface area contributed by atoms with Crippen LogP contribution in [0.3, 0.4) is 0 Å². The van der Waals surface area contributed by atoms with Crippen LogP contribution in [0.1, 0.15) is 39.8 Å². The Hall–Kier alpha value is -3.47. The number of benzene rings is 2. The predicted octanol–water partition coefficient (Wildman–Crippen LogP) is 4.95. The second-order valence-corrected chi connectivity index (χ2v) is 7.53. The fourth-order valence-electron chi connectivity index (χ4n) is 4.32. The quantitative estimate of drug-likeness (QED) is 0.361. The van der Waals surface area contributed by atoms with Crippen molar-refractivity contribution in [3.05, 3.63) is 80.9 Å². The van der Waals surface area contributed by atoms with Gasteiger partial charge < -0.3 is 4.74 Å². The molecule has 4 rings (SSSR count). The van der Waals surface area contributed by atoms with Crippen molar-refractivity contribution in [1.29, 1.82) is 0 Å². The molecule has 0 aliphatic heterocycles. The van der Waals surface area contributed by atoms with Gasteiger partial charge in [0.2, 0.25) is 0 Å². The summed E-state index contributed by atoms with van der Waals surface area (Å²) in [7, 11) is 0. The smallest absolute Gasteiger partial charge is 0.340 e. The Morgan fingerprint density at radius 2 is 1.60 bits per heavy atom. The minimum Gasteiger partial charge on any atom is -0.462 e. The van der Waals surface area contributed by atoms with E-state index in [9.17, 15) is 9.59 Å². The number of esters is 1. The van der Waals surface area contributed by atoms with Crippen LogP contribution in [0, 0.1) is 27.7 Å². The van der Waals surface area contributed by atoms with Gasteiger partial charge in [-0.2, -0.15) is 0 Å². The molecule has 0 atom stereocenters. The van der Waals surface area contributed by atoms with E-state index in [0.29, 0.717) is 27.7 Å². The lowest BCUT2D eigenvalue weighted by atomic mass is 9.98. The van der Waals surface area contributed by atoms with Gasteiger partial charge >= 0.3 is 5.97 Å². The Balaban J connectivity index is 2.31. The predicted molar refractivity (Wildman–Crippen MR) is 120 cm³/mol. The average Bonchev–Trinajstić information content (AvgIpc) is 2.69. The molecule has 0 fully saturated rings. The maximum Gasteiger partial charge on any atom is 0.340 e. The number of nitrogens with zero attached hydrogens (tertiary/aromatic N) is 2. The van der Waals surface area contributed by atoms with Gasteiger partial charge in [0.15, 0.2) is 0 Å². The maximum absolute atomic E-state index is 13.9. The molecule has 0 spiro atoms. The minimum atomic E-state index is -0.457. The molecule has 0 aliphatic carbocycles. The Labute approximate surface area is 174 Å². The number of hydrogen-bond acceptors (Lipinski definition) is 4. The first-order chi connectivity index (χ1) is 14.4. The van der Waals surface area contributed by atoms with Crippen LogP contribution < -0.4 is 5.56 Å². The lowest BCUT2D eigenvalue weighted by Crippen LogP contribution is -2.23. The van der Waals surface area contributed by atoms with E-state index in [-0.39, 0.29) is 12.2 Å². The number of aryl methyl sites for hydroxylation is 4. The van der Waals surface area contributed by atoms with Crippen molar-refractivity contribution < 1.29 is 9.53 Å². The highest BCUT2D eigenvalue weighted by Crippen LogP contribution is 2.32. The molecule has 0 bridgehead atoms. The molecule has 0 N–H and O–H groups in total. The van der Waals surface area contributed by atoms with E-state index in [4.69, 9.17) is 4.74 Å². The molecule has 2 heterocycles. The fraction of sp³-hybridized carbons (Fsp3) is 0.240. The van der Waals surface area contributed by atoms with Crippen molar-refractivity contribution in [2.24, 2.45) is 0 Å². The van der Waals surface area contributed by atoms with Gasteiger partial charge in [-0.1, -0.05) is 36.4 Å². The van der Waals surface area contributed by atoms with Gasteiger partial charge in [0.25, 0.3) is 5.56 Å². The molecule has 0 aliphatic rings. The van der Waals surface area contributed by atoms with E-state index in [2.05, 4.69) is 4.98 Å². The zero-order valence-electron chi connectivity index (χ0n) is 17.9. The third kappa shape index (κ3) is 2.89. The number of carbonyl (C=O) groups excluding carboxylic acids is 1. The first-order valence-electron chi connectivity index (χ1n) is 10.0. The zero-order valence-corrected chi connectivity index (χ0v) is 17.9. The number of ether oxygens (including phenoxy) is 1. The van der Waals surface area contributed by atoms with Crippen LogP contribution in [0.2, 0.25) is 0 Å². The highest BCUT2D eigenvalue weighted by molar-refractivity contribution is 6.16. The van der Waals surface area contributed by atoms with E-state index in [1.165, 1.54) is 0 Å². The van der Waals surface area contributed by atoms with E-state index >= 15 is 0 Å². The lowest BCUT2D eigenvalue weighted by molar-refractivity contribution is 0.0527. The largest absolute Gasteiger partial charge is 0.462 e. The second-order valence-electron chi connectivity index (χ2n) is 7.53. The van der Waals surface area contributed by atoms with Crippen LogP contribution in [0.4, 0.5) is 0 Å². The first-order valence-corrected chi connectivity index (χ1v) is 10.0. The highest BCUT2D eigenvalue weighted by atomic mass is 16.5. The minimum absolute atomic E-state index is 0.184. The van der Waals surface area contributed by atoms with Gasteiger partial charge in [-0.05, 0) is 51.8 Å². The molecule has 5 heteroatoms. The molecule has 0 saturated heterocycles. The fourth-order valence-corrected chi connectivity index (χ4v) is 4.32. The Bertz CT molecular complexity index is 1360. The van der Waals surface area contributed by atoms with Gasteiger partial charge in [-0.15, -0.1) is 0 Å².